The van der Waals surface area contributed by atoms with E-state index in [4.69, 9.17) is 11.6 Å². The van der Waals surface area contributed by atoms with Gasteiger partial charge in [0, 0.05) is 7.05 Å². The van der Waals surface area contributed by atoms with Crippen molar-refractivity contribution in [3.8, 4) is 0 Å². The zero-order chi connectivity index (χ0) is 13.3. The molecule has 0 amide bonds. The molecule has 2 aromatic rings. The number of hydrogen-bond acceptors (Lipinski definition) is 5. The summed E-state index contributed by atoms with van der Waals surface area (Å²) in [6.07, 6.45) is 1.34. The third-order valence-electron chi connectivity index (χ3n) is 2.34. The molecule has 2 aromatic heterocycles. The van der Waals surface area contributed by atoms with E-state index >= 15 is 0 Å². The Morgan fingerprint density at radius 2 is 2.28 bits per heavy atom. The van der Waals surface area contributed by atoms with E-state index in [1.165, 1.54) is 17.7 Å². The van der Waals surface area contributed by atoms with Crippen LogP contribution >= 0.6 is 22.9 Å². The van der Waals surface area contributed by atoms with Crippen LogP contribution in [-0.2, 0) is 16.6 Å². The molecule has 2 rings (SSSR count). The Balaban J connectivity index is 2.25. The minimum absolute atomic E-state index is 0.136. The highest BCUT2D eigenvalue weighted by Gasteiger charge is 2.24. The Kier molecular flexibility index (Phi) is 3.71. The number of H-pyrrole nitrogens is 1. The normalized spacial score (nSPS) is 12.2. The summed E-state index contributed by atoms with van der Waals surface area (Å²) in [5, 5.41) is 6.29. The molecule has 0 atom stereocenters. The summed E-state index contributed by atoms with van der Waals surface area (Å²) in [7, 11) is -2.05. The van der Waals surface area contributed by atoms with E-state index in [0.29, 0.717) is 10.2 Å². The van der Waals surface area contributed by atoms with Crippen molar-refractivity contribution in [3.05, 3.63) is 28.1 Å². The minimum Gasteiger partial charge on any atom is -0.262 e. The smallest absolute Gasteiger partial charge is 0.252 e. The van der Waals surface area contributed by atoms with Crippen molar-refractivity contribution in [2.45, 2.75) is 17.7 Å². The van der Waals surface area contributed by atoms with Crippen molar-refractivity contribution in [1.29, 1.82) is 0 Å². The lowest BCUT2D eigenvalue weighted by Gasteiger charge is -2.13. The fourth-order valence-corrected chi connectivity index (χ4v) is 4.37. The van der Waals surface area contributed by atoms with Crippen molar-refractivity contribution in [1.82, 2.24) is 19.5 Å². The second kappa shape index (κ2) is 4.96. The Morgan fingerprint density at radius 3 is 2.78 bits per heavy atom. The average molecular weight is 307 g/mol. The van der Waals surface area contributed by atoms with Gasteiger partial charge in [-0.3, -0.25) is 5.10 Å². The van der Waals surface area contributed by atoms with Crippen LogP contribution in [0.3, 0.4) is 0 Å². The van der Waals surface area contributed by atoms with E-state index in [0.717, 1.165) is 16.9 Å². The summed E-state index contributed by atoms with van der Waals surface area (Å²) >= 11 is 6.94. The quantitative estimate of drug-likeness (QED) is 0.931. The molecule has 6 nitrogen and oxygen atoms in total. The topological polar surface area (TPSA) is 79.0 Å². The molecule has 0 aliphatic heterocycles. The van der Waals surface area contributed by atoms with Gasteiger partial charge < -0.3 is 0 Å². The lowest BCUT2D eigenvalue weighted by molar-refractivity contribution is 0.459. The molecule has 18 heavy (non-hydrogen) atoms. The predicted octanol–water partition coefficient (Wildman–Crippen LogP) is 1.65. The number of hydrogen-bond donors (Lipinski definition) is 1. The first-order valence-electron chi connectivity index (χ1n) is 4.98. The Labute approximate surface area is 114 Å². The molecule has 0 aliphatic carbocycles. The number of aryl methyl sites for hydroxylation is 1. The number of aromatic nitrogens is 3. The van der Waals surface area contributed by atoms with Gasteiger partial charge in [-0.15, -0.1) is 11.3 Å². The lowest BCUT2D eigenvalue weighted by Crippen LogP contribution is -2.26. The second-order valence-electron chi connectivity index (χ2n) is 3.72. The number of rotatable bonds is 4. The summed E-state index contributed by atoms with van der Waals surface area (Å²) in [6, 6.07) is 1.57. The van der Waals surface area contributed by atoms with Crippen LogP contribution in [0.25, 0.3) is 0 Å². The molecular weight excluding hydrogens is 296 g/mol. The van der Waals surface area contributed by atoms with Gasteiger partial charge in [0.05, 0.1) is 10.9 Å². The molecule has 0 aromatic carbocycles. The Morgan fingerprint density at radius 1 is 1.56 bits per heavy atom. The van der Waals surface area contributed by atoms with Crippen LogP contribution in [0.2, 0.25) is 4.34 Å². The molecule has 9 heteroatoms. The highest BCUT2D eigenvalue weighted by atomic mass is 35.5. The third-order valence-corrected chi connectivity index (χ3v) is 6.14. The van der Waals surface area contributed by atoms with Crippen molar-refractivity contribution >= 4 is 33.0 Å². The standard InChI is InChI=1S/C9H11ClN4O2S2/c1-6-3-8(17-9(6)10)18(15,16)14(2)4-7-11-5-12-13-7/h3,5H,4H2,1-2H3,(H,11,12,13). The largest absolute Gasteiger partial charge is 0.262 e. The van der Waals surface area contributed by atoms with Crippen LogP contribution in [0.5, 0.6) is 0 Å². The van der Waals surface area contributed by atoms with Crippen molar-refractivity contribution in [3.63, 3.8) is 0 Å². The summed E-state index contributed by atoms with van der Waals surface area (Å²) in [5.41, 5.74) is 0.758. The predicted molar refractivity (Wildman–Crippen MR) is 69.1 cm³/mol. The molecule has 0 spiro atoms. The first-order chi connectivity index (χ1) is 8.41. The molecule has 2 heterocycles. The highest BCUT2D eigenvalue weighted by Crippen LogP contribution is 2.31. The molecule has 0 fully saturated rings. The van der Waals surface area contributed by atoms with Crippen LogP contribution in [0.15, 0.2) is 16.6 Å². The zero-order valence-corrected chi connectivity index (χ0v) is 12.1. The van der Waals surface area contributed by atoms with Crippen molar-refractivity contribution < 1.29 is 8.42 Å². The summed E-state index contributed by atoms with van der Waals surface area (Å²) in [4.78, 5) is 3.89. The summed E-state index contributed by atoms with van der Waals surface area (Å²) in [6.45, 7) is 1.91. The molecule has 0 radical (unpaired) electrons. The lowest BCUT2D eigenvalue weighted by atomic mass is 10.4. The average Bonchev–Trinajstić information content (AvgIpc) is 2.90. The van der Waals surface area contributed by atoms with Crippen molar-refractivity contribution in [2.75, 3.05) is 7.05 Å². The molecule has 0 aliphatic rings. The molecule has 1 N–H and O–H groups in total. The van der Waals surface area contributed by atoms with Crippen LogP contribution in [-0.4, -0.2) is 35.0 Å². The number of thiophene rings is 1. The Bertz CT molecular complexity index is 616. The fraction of sp³-hybridized carbons (Fsp3) is 0.333. The molecule has 0 saturated carbocycles. The van der Waals surface area contributed by atoms with Gasteiger partial charge in [0.1, 0.15) is 16.4 Å². The number of sulfonamides is 1. The van der Waals surface area contributed by atoms with Crippen LogP contribution in [0.4, 0.5) is 0 Å². The molecule has 0 saturated heterocycles. The Hall–Kier alpha value is -0.960. The number of halogens is 1. The van der Waals surface area contributed by atoms with Crippen LogP contribution < -0.4 is 0 Å². The molecule has 0 bridgehead atoms. The van der Waals surface area contributed by atoms with Crippen molar-refractivity contribution in [2.24, 2.45) is 0 Å². The number of aromatic amines is 1. The third kappa shape index (κ3) is 2.56. The molecular formula is C9H11ClN4O2S2. The van der Waals surface area contributed by atoms with E-state index in [9.17, 15) is 8.42 Å². The van der Waals surface area contributed by atoms with E-state index in [1.54, 1.807) is 13.0 Å². The van der Waals surface area contributed by atoms with Gasteiger partial charge in [-0.1, -0.05) is 11.6 Å². The SMILES string of the molecule is Cc1cc(S(=O)(=O)N(C)Cc2ncn[nH]2)sc1Cl. The van der Waals surface area contributed by atoms with Gasteiger partial charge >= 0.3 is 0 Å². The first kappa shape index (κ1) is 13.5. The van der Waals surface area contributed by atoms with Crippen LogP contribution in [0, 0.1) is 6.92 Å². The fourth-order valence-electron chi connectivity index (χ4n) is 1.32. The van der Waals surface area contributed by atoms with Gasteiger partial charge in [0.15, 0.2) is 0 Å². The van der Waals surface area contributed by atoms with Gasteiger partial charge in [0.25, 0.3) is 10.0 Å². The van der Waals surface area contributed by atoms with E-state index in [-0.39, 0.29) is 10.8 Å². The van der Waals surface area contributed by atoms with E-state index in [1.807, 2.05) is 0 Å². The van der Waals surface area contributed by atoms with Gasteiger partial charge in [-0.05, 0) is 18.6 Å². The van der Waals surface area contributed by atoms with E-state index < -0.39 is 10.0 Å². The maximum Gasteiger partial charge on any atom is 0.252 e. The second-order valence-corrected chi connectivity index (χ2v) is 7.64. The summed E-state index contributed by atoms with van der Waals surface area (Å²) in [5.74, 6) is 0.487. The van der Waals surface area contributed by atoms with Gasteiger partial charge in [0.2, 0.25) is 0 Å². The maximum atomic E-state index is 12.2. The van der Waals surface area contributed by atoms with Gasteiger partial charge in [-0.2, -0.15) is 9.40 Å². The maximum absolute atomic E-state index is 12.2. The molecule has 98 valence electrons. The van der Waals surface area contributed by atoms with Gasteiger partial charge in [-0.25, -0.2) is 13.4 Å². The first-order valence-corrected chi connectivity index (χ1v) is 7.61. The summed E-state index contributed by atoms with van der Waals surface area (Å²) < 4.78 is 26.4. The highest BCUT2D eigenvalue weighted by molar-refractivity contribution is 7.91. The number of nitrogens with one attached hydrogen (secondary N) is 1. The monoisotopic (exact) mass is 306 g/mol. The van der Waals surface area contributed by atoms with Crippen LogP contribution in [0.1, 0.15) is 11.4 Å². The zero-order valence-electron chi connectivity index (χ0n) is 9.71. The molecule has 0 unspecified atom stereocenters. The minimum atomic E-state index is -3.54. The van der Waals surface area contributed by atoms with E-state index in [2.05, 4.69) is 15.2 Å². The number of nitrogens with zero attached hydrogens (tertiary/aromatic N) is 3.